The van der Waals surface area contributed by atoms with Crippen LogP contribution in [-0.4, -0.2) is 29.5 Å². The number of aromatic nitrogens is 2. The molecule has 2 rings (SSSR count). The SMILES string of the molecule is C#CCn1ncc(Cl)c(NCC2CCOCC2)c1=O. The minimum atomic E-state index is -0.280. The van der Waals surface area contributed by atoms with Crippen LogP contribution in [0.15, 0.2) is 11.0 Å². The Balaban J connectivity index is 2.08. The third kappa shape index (κ3) is 3.49. The number of halogens is 1. The van der Waals surface area contributed by atoms with Crippen LogP contribution in [0.5, 0.6) is 0 Å². The van der Waals surface area contributed by atoms with Crippen molar-refractivity contribution in [3.63, 3.8) is 0 Å². The van der Waals surface area contributed by atoms with Crippen molar-refractivity contribution in [2.45, 2.75) is 19.4 Å². The van der Waals surface area contributed by atoms with Gasteiger partial charge in [-0.25, -0.2) is 4.68 Å². The molecule has 5 nitrogen and oxygen atoms in total. The van der Waals surface area contributed by atoms with Crippen LogP contribution in [0.3, 0.4) is 0 Å². The summed E-state index contributed by atoms with van der Waals surface area (Å²) in [5, 5.41) is 7.34. The van der Waals surface area contributed by atoms with Gasteiger partial charge in [-0.3, -0.25) is 4.79 Å². The highest BCUT2D eigenvalue weighted by Gasteiger charge is 2.15. The maximum Gasteiger partial charge on any atom is 0.292 e. The van der Waals surface area contributed by atoms with Crippen molar-refractivity contribution >= 4 is 17.3 Å². The number of anilines is 1. The molecule has 0 bridgehead atoms. The summed E-state index contributed by atoms with van der Waals surface area (Å²) < 4.78 is 6.52. The fourth-order valence-corrected chi connectivity index (χ4v) is 2.22. The van der Waals surface area contributed by atoms with Crippen LogP contribution < -0.4 is 10.9 Å². The molecule has 0 saturated carbocycles. The van der Waals surface area contributed by atoms with Gasteiger partial charge >= 0.3 is 0 Å². The number of terminal acetylenes is 1. The summed E-state index contributed by atoms with van der Waals surface area (Å²) in [4.78, 5) is 12.1. The zero-order valence-electron chi connectivity index (χ0n) is 10.6. The molecule has 0 spiro atoms. The average Bonchev–Trinajstić information content (AvgIpc) is 2.43. The first-order valence-corrected chi connectivity index (χ1v) is 6.61. The van der Waals surface area contributed by atoms with Gasteiger partial charge < -0.3 is 10.1 Å². The molecule has 0 unspecified atom stereocenters. The number of ether oxygens (including phenoxy) is 1. The first kappa shape index (κ1) is 13.9. The van der Waals surface area contributed by atoms with Crippen LogP contribution >= 0.6 is 11.6 Å². The van der Waals surface area contributed by atoms with E-state index < -0.39 is 0 Å². The van der Waals surface area contributed by atoms with Gasteiger partial charge in [0.05, 0.1) is 11.2 Å². The van der Waals surface area contributed by atoms with Gasteiger partial charge in [0.2, 0.25) is 0 Å². The minimum Gasteiger partial charge on any atom is -0.381 e. The largest absolute Gasteiger partial charge is 0.381 e. The molecule has 0 aliphatic carbocycles. The molecule has 1 N–H and O–H groups in total. The van der Waals surface area contributed by atoms with Crippen molar-refractivity contribution in [2.24, 2.45) is 5.92 Å². The van der Waals surface area contributed by atoms with E-state index in [1.54, 1.807) is 0 Å². The van der Waals surface area contributed by atoms with Gasteiger partial charge in [0.15, 0.2) is 0 Å². The molecule has 1 aliphatic heterocycles. The molecule has 1 aromatic heterocycles. The monoisotopic (exact) mass is 281 g/mol. The number of rotatable bonds is 4. The molecule has 6 heteroatoms. The van der Waals surface area contributed by atoms with Gasteiger partial charge in [-0.05, 0) is 18.8 Å². The van der Waals surface area contributed by atoms with Crippen molar-refractivity contribution in [2.75, 3.05) is 25.1 Å². The molecular formula is C13H16ClN3O2. The van der Waals surface area contributed by atoms with Crippen molar-refractivity contribution in [3.05, 3.63) is 21.6 Å². The third-order valence-corrected chi connectivity index (χ3v) is 3.43. The van der Waals surface area contributed by atoms with E-state index >= 15 is 0 Å². The second kappa shape index (κ2) is 6.60. The molecule has 1 fully saturated rings. The second-order valence-electron chi connectivity index (χ2n) is 4.47. The normalized spacial score (nSPS) is 16.0. The van der Waals surface area contributed by atoms with E-state index in [1.165, 1.54) is 10.9 Å². The standard InChI is InChI=1S/C13H16ClN3O2/c1-2-5-17-13(18)12(11(14)9-16-17)15-8-10-3-6-19-7-4-10/h1,9-10,15H,3-8H2. The Morgan fingerprint density at radius 3 is 3.00 bits per heavy atom. The highest BCUT2D eigenvalue weighted by molar-refractivity contribution is 6.32. The van der Waals surface area contributed by atoms with E-state index in [2.05, 4.69) is 16.3 Å². The Morgan fingerprint density at radius 1 is 1.58 bits per heavy atom. The van der Waals surface area contributed by atoms with Crippen molar-refractivity contribution in [1.82, 2.24) is 9.78 Å². The third-order valence-electron chi connectivity index (χ3n) is 3.15. The maximum absolute atomic E-state index is 12.1. The molecular weight excluding hydrogens is 266 g/mol. The van der Waals surface area contributed by atoms with Crippen LogP contribution in [0, 0.1) is 18.3 Å². The van der Waals surface area contributed by atoms with Crippen LogP contribution in [0.25, 0.3) is 0 Å². The molecule has 19 heavy (non-hydrogen) atoms. The van der Waals surface area contributed by atoms with E-state index in [9.17, 15) is 4.79 Å². The van der Waals surface area contributed by atoms with Crippen molar-refractivity contribution in [3.8, 4) is 12.3 Å². The summed E-state index contributed by atoms with van der Waals surface area (Å²) in [5.41, 5.74) is 0.0934. The van der Waals surface area contributed by atoms with Crippen LogP contribution in [0.2, 0.25) is 5.02 Å². The van der Waals surface area contributed by atoms with Gasteiger partial charge in [0.1, 0.15) is 12.2 Å². The van der Waals surface area contributed by atoms with Crippen LogP contribution in [0.1, 0.15) is 12.8 Å². The first-order chi connectivity index (χ1) is 9.22. The number of hydrogen-bond acceptors (Lipinski definition) is 4. The molecule has 102 valence electrons. The highest BCUT2D eigenvalue weighted by Crippen LogP contribution is 2.18. The summed E-state index contributed by atoms with van der Waals surface area (Å²) in [6, 6.07) is 0. The van der Waals surface area contributed by atoms with Gasteiger partial charge in [0.25, 0.3) is 5.56 Å². The summed E-state index contributed by atoms with van der Waals surface area (Å²) in [7, 11) is 0. The number of nitrogens with zero attached hydrogens (tertiary/aromatic N) is 2. The molecule has 0 amide bonds. The van der Waals surface area contributed by atoms with E-state index in [0.29, 0.717) is 23.2 Å². The lowest BCUT2D eigenvalue weighted by Crippen LogP contribution is -2.29. The lowest BCUT2D eigenvalue weighted by Gasteiger charge is -2.22. The highest BCUT2D eigenvalue weighted by atomic mass is 35.5. The Kier molecular flexibility index (Phi) is 4.83. The van der Waals surface area contributed by atoms with Crippen molar-refractivity contribution in [1.29, 1.82) is 0 Å². The summed E-state index contributed by atoms with van der Waals surface area (Å²) >= 11 is 6.00. The Morgan fingerprint density at radius 2 is 2.32 bits per heavy atom. The summed E-state index contributed by atoms with van der Waals surface area (Å²) in [6.45, 7) is 2.40. The Labute approximate surface area is 116 Å². The second-order valence-corrected chi connectivity index (χ2v) is 4.88. The van der Waals surface area contributed by atoms with Gasteiger partial charge in [-0.15, -0.1) is 6.42 Å². The smallest absolute Gasteiger partial charge is 0.292 e. The molecule has 1 saturated heterocycles. The number of nitrogens with one attached hydrogen (secondary N) is 1. The molecule has 0 atom stereocenters. The summed E-state index contributed by atoms with van der Waals surface area (Å²) in [6.07, 6.45) is 8.62. The first-order valence-electron chi connectivity index (χ1n) is 6.23. The van der Waals surface area contributed by atoms with Gasteiger partial charge in [-0.1, -0.05) is 17.5 Å². The molecule has 1 aliphatic rings. The van der Waals surface area contributed by atoms with Crippen LogP contribution in [0.4, 0.5) is 5.69 Å². The fourth-order valence-electron chi connectivity index (χ4n) is 2.02. The average molecular weight is 282 g/mol. The Hall–Kier alpha value is -1.51. The number of hydrogen-bond donors (Lipinski definition) is 1. The van der Waals surface area contributed by atoms with E-state index in [1.807, 2.05) is 0 Å². The van der Waals surface area contributed by atoms with E-state index in [-0.39, 0.29) is 12.1 Å². The molecule has 1 aromatic rings. The molecule has 0 aromatic carbocycles. The molecule has 2 heterocycles. The zero-order chi connectivity index (χ0) is 13.7. The lowest BCUT2D eigenvalue weighted by atomic mass is 10.0. The van der Waals surface area contributed by atoms with Crippen molar-refractivity contribution < 1.29 is 4.74 Å². The van der Waals surface area contributed by atoms with E-state index in [0.717, 1.165) is 26.1 Å². The van der Waals surface area contributed by atoms with Gasteiger partial charge in [0, 0.05) is 19.8 Å². The Bertz CT molecular complexity index is 530. The molecule has 0 radical (unpaired) electrons. The quantitative estimate of drug-likeness (QED) is 0.847. The minimum absolute atomic E-state index is 0.141. The fraction of sp³-hybridized carbons (Fsp3) is 0.538. The summed E-state index contributed by atoms with van der Waals surface area (Å²) in [5.74, 6) is 2.89. The topological polar surface area (TPSA) is 56.1 Å². The van der Waals surface area contributed by atoms with Crippen LogP contribution in [-0.2, 0) is 11.3 Å². The maximum atomic E-state index is 12.1. The van der Waals surface area contributed by atoms with Gasteiger partial charge in [-0.2, -0.15) is 5.10 Å². The predicted molar refractivity (Wildman–Crippen MR) is 74.4 cm³/mol. The zero-order valence-corrected chi connectivity index (χ0v) is 11.3. The lowest BCUT2D eigenvalue weighted by molar-refractivity contribution is 0.0699. The van der Waals surface area contributed by atoms with E-state index in [4.69, 9.17) is 22.8 Å². The predicted octanol–water partition coefficient (Wildman–Crippen LogP) is 1.37.